The normalized spacial score (nSPS) is 11.4. The molecule has 1 heterocycles. The van der Waals surface area contributed by atoms with Gasteiger partial charge in [-0.3, -0.25) is 9.59 Å². The average Bonchev–Trinajstić information content (AvgIpc) is 3.21. The van der Waals surface area contributed by atoms with E-state index < -0.39 is 0 Å². The molecule has 0 radical (unpaired) electrons. The predicted octanol–water partition coefficient (Wildman–Crippen LogP) is 3.97. The topological polar surface area (TPSA) is 89.5 Å². The molecule has 0 aliphatic heterocycles. The summed E-state index contributed by atoms with van der Waals surface area (Å²) in [4.78, 5) is 29.0. The molecule has 3 rings (SSSR count). The smallest absolute Gasteiger partial charge is 0.251 e. The zero-order valence-corrected chi connectivity index (χ0v) is 17.8. The lowest BCUT2D eigenvalue weighted by molar-refractivity contribution is -0.116. The standard InChI is InChI=1S/C22H23N3O4S/c1-14(23-21(27)15-7-5-4-6-8-15)11-20(26)25-22-24-18(13-30-22)17-12-16(28-2)9-10-19(17)29-3/h4-10,12-14H,11H2,1-3H3,(H,23,27)(H,24,25,26). The first-order valence-electron chi connectivity index (χ1n) is 9.34. The quantitative estimate of drug-likeness (QED) is 0.570. The Kier molecular flexibility index (Phi) is 7.03. The Morgan fingerprint density at radius 2 is 1.87 bits per heavy atom. The molecule has 0 fully saturated rings. The molecule has 1 unspecified atom stereocenters. The van der Waals surface area contributed by atoms with Crippen LogP contribution in [-0.2, 0) is 4.79 Å². The van der Waals surface area contributed by atoms with E-state index in [1.807, 2.05) is 29.6 Å². The Balaban J connectivity index is 1.60. The zero-order chi connectivity index (χ0) is 21.5. The van der Waals surface area contributed by atoms with Crippen molar-refractivity contribution in [2.24, 2.45) is 0 Å². The van der Waals surface area contributed by atoms with Gasteiger partial charge >= 0.3 is 0 Å². The number of carbonyl (C=O) groups is 2. The first-order valence-corrected chi connectivity index (χ1v) is 10.2. The van der Waals surface area contributed by atoms with Gasteiger partial charge in [-0.25, -0.2) is 4.98 Å². The molecule has 0 aliphatic rings. The number of aromatic nitrogens is 1. The Morgan fingerprint density at radius 1 is 1.10 bits per heavy atom. The second-order valence-corrected chi connectivity index (χ2v) is 7.46. The Hall–Kier alpha value is -3.39. The van der Waals surface area contributed by atoms with Gasteiger partial charge in [0.2, 0.25) is 5.91 Å². The number of rotatable bonds is 8. The van der Waals surface area contributed by atoms with E-state index in [9.17, 15) is 9.59 Å². The van der Waals surface area contributed by atoms with Crippen molar-refractivity contribution in [3.63, 3.8) is 0 Å². The number of amides is 2. The molecule has 2 aromatic carbocycles. The van der Waals surface area contributed by atoms with Crippen LogP contribution in [0.5, 0.6) is 11.5 Å². The number of thiazole rings is 1. The maximum atomic E-state index is 12.4. The van der Waals surface area contributed by atoms with Gasteiger partial charge in [-0.2, -0.15) is 0 Å². The number of anilines is 1. The highest BCUT2D eigenvalue weighted by Crippen LogP contribution is 2.35. The number of nitrogens with one attached hydrogen (secondary N) is 2. The summed E-state index contributed by atoms with van der Waals surface area (Å²) in [6, 6.07) is 14.0. The van der Waals surface area contributed by atoms with E-state index in [0.29, 0.717) is 27.9 Å². The third-order valence-corrected chi connectivity index (χ3v) is 5.10. The highest BCUT2D eigenvalue weighted by atomic mass is 32.1. The first-order chi connectivity index (χ1) is 14.5. The molecular weight excluding hydrogens is 402 g/mol. The molecule has 0 saturated heterocycles. The molecule has 3 aromatic rings. The lowest BCUT2D eigenvalue weighted by atomic mass is 10.1. The fourth-order valence-electron chi connectivity index (χ4n) is 2.87. The number of nitrogens with zero attached hydrogens (tertiary/aromatic N) is 1. The van der Waals surface area contributed by atoms with Gasteiger partial charge in [0.05, 0.1) is 19.9 Å². The van der Waals surface area contributed by atoms with Crippen molar-refractivity contribution in [2.45, 2.75) is 19.4 Å². The van der Waals surface area contributed by atoms with Crippen molar-refractivity contribution in [2.75, 3.05) is 19.5 Å². The minimum Gasteiger partial charge on any atom is -0.497 e. The second-order valence-electron chi connectivity index (χ2n) is 6.60. The summed E-state index contributed by atoms with van der Waals surface area (Å²) in [6.45, 7) is 1.79. The Labute approximate surface area is 179 Å². The van der Waals surface area contributed by atoms with Gasteiger partial charge in [0.15, 0.2) is 5.13 Å². The summed E-state index contributed by atoms with van der Waals surface area (Å²) in [5.41, 5.74) is 2.01. The van der Waals surface area contributed by atoms with E-state index in [1.165, 1.54) is 11.3 Å². The minimum absolute atomic E-state index is 0.135. The van der Waals surface area contributed by atoms with E-state index in [-0.39, 0.29) is 24.3 Å². The number of carbonyl (C=O) groups excluding carboxylic acids is 2. The van der Waals surface area contributed by atoms with E-state index in [0.717, 1.165) is 5.56 Å². The molecule has 1 aromatic heterocycles. The van der Waals surface area contributed by atoms with Crippen LogP contribution in [0, 0.1) is 0 Å². The van der Waals surface area contributed by atoms with Gasteiger partial charge in [-0.05, 0) is 37.3 Å². The number of benzene rings is 2. The number of hydrogen-bond donors (Lipinski definition) is 2. The molecule has 0 saturated carbocycles. The second kappa shape index (κ2) is 9.89. The van der Waals surface area contributed by atoms with Crippen molar-refractivity contribution >= 4 is 28.3 Å². The Bertz CT molecular complexity index is 1020. The third-order valence-electron chi connectivity index (χ3n) is 4.34. The lowest BCUT2D eigenvalue weighted by Crippen LogP contribution is -2.35. The number of ether oxygens (including phenoxy) is 2. The summed E-state index contributed by atoms with van der Waals surface area (Å²) in [5.74, 6) is 0.913. The molecular formula is C22H23N3O4S. The fraction of sp³-hybridized carbons (Fsp3) is 0.227. The summed E-state index contributed by atoms with van der Waals surface area (Å²) in [6.07, 6.45) is 0.135. The Morgan fingerprint density at radius 3 is 2.57 bits per heavy atom. The van der Waals surface area contributed by atoms with Crippen molar-refractivity contribution in [3.8, 4) is 22.8 Å². The van der Waals surface area contributed by atoms with Gasteiger partial charge in [-0.15, -0.1) is 11.3 Å². The molecule has 8 heteroatoms. The summed E-state index contributed by atoms with van der Waals surface area (Å²) in [7, 11) is 3.18. The van der Waals surface area contributed by atoms with Crippen LogP contribution in [-0.4, -0.2) is 37.1 Å². The van der Waals surface area contributed by atoms with E-state index in [1.54, 1.807) is 45.4 Å². The highest BCUT2D eigenvalue weighted by molar-refractivity contribution is 7.14. The van der Waals surface area contributed by atoms with Crippen molar-refractivity contribution in [3.05, 3.63) is 59.5 Å². The van der Waals surface area contributed by atoms with Crippen molar-refractivity contribution < 1.29 is 19.1 Å². The third kappa shape index (κ3) is 5.36. The van der Waals surface area contributed by atoms with E-state index in [4.69, 9.17) is 9.47 Å². The van der Waals surface area contributed by atoms with Gasteiger partial charge in [0.1, 0.15) is 11.5 Å². The molecule has 0 aliphatic carbocycles. The SMILES string of the molecule is COc1ccc(OC)c(-c2csc(NC(=O)CC(C)NC(=O)c3ccccc3)n2)c1. The maximum absolute atomic E-state index is 12.4. The molecule has 0 bridgehead atoms. The van der Waals surface area contributed by atoms with Crippen LogP contribution in [0.3, 0.4) is 0 Å². The average molecular weight is 426 g/mol. The lowest BCUT2D eigenvalue weighted by Gasteiger charge is -2.13. The molecule has 30 heavy (non-hydrogen) atoms. The monoisotopic (exact) mass is 425 g/mol. The van der Waals surface area contributed by atoms with Gasteiger partial charge < -0.3 is 20.1 Å². The van der Waals surface area contributed by atoms with Crippen LogP contribution >= 0.6 is 11.3 Å². The minimum atomic E-state index is -0.324. The summed E-state index contributed by atoms with van der Waals surface area (Å²) in [5, 5.41) is 7.93. The van der Waals surface area contributed by atoms with Crippen LogP contribution < -0.4 is 20.1 Å². The molecule has 156 valence electrons. The molecule has 2 N–H and O–H groups in total. The maximum Gasteiger partial charge on any atom is 0.251 e. The zero-order valence-electron chi connectivity index (χ0n) is 17.0. The number of methoxy groups -OCH3 is 2. The molecule has 0 spiro atoms. The molecule has 7 nitrogen and oxygen atoms in total. The van der Waals surface area contributed by atoms with Crippen molar-refractivity contribution in [1.29, 1.82) is 0 Å². The fourth-order valence-corrected chi connectivity index (χ4v) is 3.59. The van der Waals surface area contributed by atoms with Gasteiger partial charge in [0, 0.05) is 29.0 Å². The van der Waals surface area contributed by atoms with Crippen LogP contribution in [0.2, 0.25) is 0 Å². The molecule has 1 atom stereocenters. The van der Waals surface area contributed by atoms with Crippen LogP contribution in [0.25, 0.3) is 11.3 Å². The first kappa shape index (κ1) is 21.3. The summed E-state index contributed by atoms with van der Waals surface area (Å²) >= 11 is 1.32. The largest absolute Gasteiger partial charge is 0.497 e. The number of hydrogen-bond acceptors (Lipinski definition) is 6. The van der Waals surface area contributed by atoms with E-state index in [2.05, 4.69) is 15.6 Å². The predicted molar refractivity (Wildman–Crippen MR) is 117 cm³/mol. The van der Waals surface area contributed by atoms with Gasteiger partial charge in [0.25, 0.3) is 5.91 Å². The van der Waals surface area contributed by atoms with Crippen LogP contribution in [0.1, 0.15) is 23.7 Å². The van der Waals surface area contributed by atoms with Gasteiger partial charge in [-0.1, -0.05) is 18.2 Å². The van der Waals surface area contributed by atoms with Crippen LogP contribution in [0.15, 0.2) is 53.9 Å². The molecule has 2 amide bonds. The summed E-state index contributed by atoms with van der Waals surface area (Å²) < 4.78 is 10.7. The van der Waals surface area contributed by atoms with E-state index >= 15 is 0 Å². The van der Waals surface area contributed by atoms with Crippen LogP contribution in [0.4, 0.5) is 5.13 Å². The van der Waals surface area contributed by atoms with Crippen molar-refractivity contribution in [1.82, 2.24) is 10.3 Å². The highest BCUT2D eigenvalue weighted by Gasteiger charge is 2.16.